The van der Waals surface area contributed by atoms with Crippen LogP contribution >= 0.6 is 12.6 Å². The van der Waals surface area contributed by atoms with Crippen LogP contribution in [0.15, 0.2) is 42.5 Å². The first-order chi connectivity index (χ1) is 14.9. The van der Waals surface area contributed by atoms with Gasteiger partial charge in [0.25, 0.3) is 0 Å². The Morgan fingerprint density at radius 2 is 1.90 bits per heavy atom. The van der Waals surface area contributed by atoms with Gasteiger partial charge in [0.05, 0.1) is 0 Å². The first-order valence-electron chi connectivity index (χ1n) is 9.91. The van der Waals surface area contributed by atoms with Crippen molar-refractivity contribution >= 4 is 30.1 Å². The summed E-state index contributed by atoms with van der Waals surface area (Å²) in [7, 11) is 0. The Kier molecular flexibility index (Phi) is 7.41. The third-order valence-corrected chi connectivity index (χ3v) is 5.39. The van der Waals surface area contributed by atoms with Gasteiger partial charge in [-0.3, -0.25) is 9.59 Å². The van der Waals surface area contributed by atoms with Crippen molar-refractivity contribution in [2.75, 3.05) is 11.1 Å². The zero-order chi connectivity index (χ0) is 22.4. The largest absolute Gasteiger partial charge is 0.370 e. The molecule has 1 aromatic heterocycles. The molecule has 4 N–H and O–H groups in total. The Labute approximate surface area is 186 Å². The highest BCUT2D eigenvalue weighted by atomic mass is 32.1. The van der Waals surface area contributed by atoms with Crippen molar-refractivity contribution in [3.05, 3.63) is 54.4 Å². The maximum absolute atomic E-state index is 13.0. The van der Waals surface area contributed by atoms with E-state index in [-0.39, 0.29) is 24.2 Å². The van der Waals surface area contributed by atoms with Gasteiger partial charge in [-0.25, -0.2) is 5.10 Å². The van der Waals surface area contributed by atoms with Crippen LogP contribution < -0.4 is 11.1 Å². The number of rotatable bonds is 9. The molecule has 8 nitrogen and oxygen atoms in total. The summed E-state index contributed by atoms with van der Waals surface area (Å²) in [5.41, 5.74) is 9.13. The second kappa shape index (κ2) is 10.2. The topological polar surface area (TPSA) is 127 Å². The highest BCUT2D eigenvalue weighted by Crippen LogP contribution is 2.36. The Hall–Kier alpha value is -3.20. The molecule has 0 aliphatic carbocycles. The zero-order valence-electron chi connectivity index (χ0n) is 17.4. The molecule has 0 saturated heterocycles. The van der Waals surface area contributed by atoms with E-state index in [4.69, 9.17) is 5.73 Å². The number of tetrazole rings is 1. The summed E-state index contributed by atoms with van der Waals surface area (Å²) in [6, 6.07) is 13.3. The standard InChI is InChI=1S/C22H25N6O2S/c1-13(2)18(12-31)22(30)24-19-11-14(8-10-20(23)29)7-9-16(19)15-5-3-4-6-17(15)21-25-27-28-26-21/h3-9,11,13,18,31H,10,12H2,1-2H3,(H2,23,29)(H,24,30)(H,25,26,27,28). The third-order valence-electron chi connectivity index (χ3n) is 5.00. The fraction of sp³-hybridized carbons (Fsp3) is 0.273. The SMILES string of the molecule is CC(C)C(CS)C(=O)Nc1cc([CH]CC(N)=O)ccc1-c1ccccc1-c1nnn[nH]1. The Morgan fingerprint density at radius 1 is 1.16 bits per heavy atom. The van der Waals surface area contributed by atoms with E-state index in [1.54, 1.807) is 6.42 Å². The van der Waals surface area contributed by atoms with Crippen molar-refractivity contribution in [2.24, 2.45) is 17.6 Å². The average Bonchev–Trinajstić information content (AvgIpc) is 3.27. The molecule has 9 heteroatoms. The third kappa shape index (κ3) is 5.49. The molecule has 31 heavy (non-hydrogen) atoms. The summed E-state index contributed by atoms with van der Waals surface area (Å²) in [5, 5.41) is 17.2. The number of primary amides is 1. The highest BCUT2D eigenvalue weighted by molar-refractivity contribution is 7.80. The summed E-state index contributed by atoms with van der Waals surface area (Å²) in [4.78, 5) is 24.2. The van der Waals surface area contributed by atoms with Crippen LogP contribution in [0, 0.1) is 18.3 Å². The molecule has 1 unspecified atom stereocenters. The van der Waals surface area contributed by atoms with Gasteiger partial charge in [-0.1, -0.05) is 50.2 Å². The molecule has 3 rings (SSSR count). The molecule has 1 atom stereocenters. The summed E-state index contributed by atoms with van der Waals surface area (Å²) in [6.45, 7) is 3.98. The number of carbonyl (C=O) groups excluding carboxylic acids is 2. The lowest BCUT2D eigenvalue weighted by molar-refractivity contribution is -0.120. The number of aromatic amines is 1. The van der Waals surface area contributed by atoms with Gasteiger partial charge in [-0.2, -0.15) is 12.6 Å². The van der Waals surface area contributed by atoms with E-state index >= 15 is 0 Å². The van der Waals surface area contributed by atoms with Gasteiger partial charge in [0.15, 0.2) is 5.82 Å². The molecule has 1 heterocycles. The number of nitrogens with zero attached hydrogens (tertiary/aromatic N) is 3. The van der Waals surface area contributed by atoms with E-state index < -0.39 is 5.91 Å². The van der Waals surface area contributed by atoms with Crippen LogP contribution in [-0.2, 0) is 9.59 Å². The lowest BCUT2D eigenvalue weighted by Gasteiger charge is -2.20. The number of hydrogen-bond donors (Lipinski definition) is 4. The van der Waals surface area contributed by atoms with Gasteiger partial charge in [0.2, 0.25) is 11.8 Å². The molecular weight excluding hydrogens is 412 g/mol. The number of amides is 2. The van der Waals surface area contributed by atoms with E-state index in [1.165, 1.54) is 0 Å². The Bertz CT molecular complexity index is 1050. The second-order valence-corrected chi connectivity index (χ2v) is 7.86. The van der Waals surface area contributed by atoms with E-state index in [2.05, 4.69) is 38.6 Å². The summed E-state index contributed by atoms with van der Waals surface area (Å²) >= 11 is 4.35. The van der Waals surface area contributed by atoms with Gasteiger partial charge in [-0.15, -0.1) is 5.10 Å². The van der Waals surface area contributed by atoms with E-state index in [0.29, 0.717) is 17.3 Å². The number of nitrogens with one attached hydrogen (secondary N) is 2. The normalized spacial score (nSPS) is 12.0. The number of nitrogens with two attached hydrogens (primary N) is 1. The van der Waals surface area contributed by atoms with Crippen LogP contribution in [0.3, 0.4) is 0 Å². The molecule has 3 aromatic rings. The average molecular weight is 438 g/mol. The minimum atomic E-state index is -0.423. The molecule has 0 aliphatic heterocycles. The van der Waals surface area contributed by atoms with Crippen molar-refractivity contribution in [3.8, 4) is 22.5 Å². The lowest BCUT2D eigenvalue weighted by atomic mass is 9.94. The summed E-state index contributed by atoms with van der Waals surface area (Å²) < 4.78 is 0. The van der Waals surface area contributed by atoms with E-state index in [1.807, 2.05) is 56.3 Å². The van der Waals surface area contributed by atoms with Crippen molar-refractivity contribution in [2.45, 2.75) is 20.3 Å². The number of hydrogen-bond acceptors (Lipinski definition) is 6. The minimum Gasteiger partial charge on any atom is -0.370 e. The van der Waals surface area contributed by atoms with Crippen molar-refractivity contribution in [1.82, 2.24) is 20.6 Å². The van der Waals surface area contributed by atoms with Gasteiger partial charge < -0.3 is 11.1 Å². The van der Waals surface area contributed by atoms with Crippen LogP contribution in [0.4, 0.5) is 5.69 Å². The number of thiol groups is 1. The summed E-state index contributed by atoms with van der Waals surface area (Å²) in [6.07, 6.45) is 1.84. The number of H-pyrrole nitrogens is 1. The monoisotopic (exact) mass is 437 g/mol. The number of benzene rings is 2. The molecule has 2 aromatic carbocycles. The van der Waals surface area contributed by atoms with Crippen molar-refractivity contribution in [1.29, 1.82) is 0 Å². The van der Waals surface area contributed by atoms with Gasteiger partial charge in [0, 0.05) is 41.3 Å². The van der Waals surface area contributed by atoms with Crippen LogP contribution in [-0.4, -0.2) is 38.2 Å². The van der Waals surface area contributed by atoms with E-state index in [0.717, 1.165) is 22.3 Å². The Balaban J connectivity index is 2.06. The summed E-state index contributed by atoms with van der Waals surface area (Å²) in [5.74, 6) is 0.311. The minimum absolute atomic E-state index is 0.109. The maximum Gasteiger partial charge on any atom is 0.228 e. The molecule has 0 spiro atoms. The quantitative estimate of drug-likeness (QED) is 0.383. The van der Waals surface area contributed by atoms with Gasteiger partial charge in [-0.05, 0) is 33.5 Å². The molecule has 1 radical (unpaired) electrons. The van der Waals surface area contributed by atoms with Crippen LogP contribution in [0.25, 0.3) is 22.5 Å². The highest BCUT2D eigenvalue weighted by Gasteiger charge is 2.22. The second-order valence-electron chi connectivity index (χ2n) is 7.50. The predicted octanol–water partition coefficient (Wildman–Crippen LogP) is 3.10. The number of anilines is 1. The van der Waals surface area contributed by atoms with Crippen molar-refractivity contribution in [3.63, 3.8) is 0 Å². The molecular formula is C22H25N6O2S. The molecule has 0 fully saturated rings. The lowest BCUT2D eigenvalue weighted by Crippen LogP contribution is -2.28. The first kappa shape index (κ1) is 22.5. The van der Waals surface area contributed by atoms with E-state index in [9.17, 15) is 9.59 Å². The fourth-order valence-corrected chi connectivity index (χ4v) is 3.85. The van der Waals surface area contributed by atoms with Crippen molar-refractivity contribution < 1.29 is 9.59 Å². The fourth-order valence-electron chi connectivity index (χ4n) is 3.27. The van der Waals surface area contributed by atoms with Crippen LogP contribution in [0.1, 0.15) is 25.8 Å². The predicted molar refractivity (Wildman–Crippen MR) is 123 cm³/mol. The Morgan fingerprint density at radius 3 is 2.52 bits per heavy atom. The molecule has 161 valence electrons. The first-order valence-corrected chi connectivity index (χ1v) is 10.5. The maximum atomic E-state index is 13.0. The number of carbonyl (C=O) groups is 2. The smallest absolute Gasteiger partial charge is 0.228 e. The van der Waals surface area contributed by atoms with Gasteiger partial charge in [0.1, 0.15) is 0 Å². The molecule has 0 saturated carbocycles. The molecule has 0 bridgehead atoms. The van der Waals surface area contributed by atoms with Gasteiger partial charge >= 0.3 is 0 Å². The molecule has 0 aliphatic rings. The van der Waals surface area contributed by atoms with Crippen LogP contribution in [0.5, 0.6) is 0 Å². The number of aromatic nitrogens is 4. The zero-order valence-corrected chi connectivity index (χ0v) is 18.3. The molecule has 2 amide bonds. The van der Waals surface area contributed by atoms with Crippen LogP contribution in [0.2, 0.25) is 0 Å².